The van der Waals surface area contributed by atoms with Gasteiger partial charge in [0.15, 0.2) is 0 Å². The molecular formula is C24H24N6O2. The molecule has 0 bridgehead atoms. The third-order valence-electron chi connectivity index (χ3n) is 5.97. The predicted octanol–water partition coefficient (Wildman–Crippen LogP) is 2.88. The largest absolute Gasteiger partial charge is 0.368 e. The second kappa shape index (κ2) is 8.03. The molecule has 2 aromatic carbocycles. The number of hydrogen-bond donors (Lipinski definition) is 0. The summed E-state index contributed by atoms with van der Waals surface area (Å²) in [5, 5.41) is 0.623. The number of carbonyl (C=O) groups excluding carboxylic acids is 1. The fourth-order valence-corrected chi connectivity index (χ4v) is 4.13. The Morgan fingerprint density at radius 2 is 1.62 bits per heavy atom. The van der Waals surface area contributed by atoms with Gasteiger partial charge in [0.2, 0.25) is 0 Å². The van der Waals surface area contributed by atoms with Gasteiger partial charge in [0.1, 0.15) is 0 Å². The highest BCUT2D eigenvalue weighted by molar-refractivity contribution is 5.97. The molecule has 0 spiro atoms. The Kier molecular flexibility index (Phi) is 5.05. The van der Waals surface area contributed by atoms with Crippen molar-refractivity contribution in [3.63, 3.8) is 0 Å². The van der Waals surface area contributed by atoms with Crippen LogP contribution in [-0.2, 0) is 0 Å². The lowest BCUT2D eigenvalue weighted by molar-refractivity contribution is 0.0747. The predicted molar refractivity (Wildman–Crippen MR) is 124 cm³/mol. The van der Waals surface area contributed by atoms with Crippen LogP contribution in [0.3, 0.4) is 0 Å². The number of rotatable bonds is 3. The van der Waals surface area contributed by atoms with Crippen molar-refractivity contribution in [1.29, 1.82) is 0 Å². The Morgan fingerprint density at radius 1 is 0.875 bits per heavy atom. The van der Waals surface area contributed by atoms with Crippen LogP contribution in [0, 0.1) is 0 Å². The van der Waals surface area contributed by atoms with Crippen molar-refractivity contribution in [3.8, 4) is 0 Å². The molecule has 0 saturated carbocycles. The van der Waals surface area contributed by atoms with Crippen LogP contribution in [0.15, 0.2) is 59.9 Å². The van der Waals surface area contributed by atoms with Crippen LogP contribution in [-0.4, -0.2) is 56.5 Å². The zero-order valence-electron chi connectivity index (χ0n) is 18.1. The van der Waals surface area contributed by atoms with E-state index in [1.165, 1.54) is 0 Å². The van der Waals surface area contributed by atoms with E-state index in [4.69, 9.17) is 0 Å². The van der Waals surface area contributed by atoms with Gasteiger partial charge < -0.3 is 9.80 Å². The van der Waals surface area contributed by atoms with Crippen molar-refractivity contribution in [2.45, 2.75) is 19.9 Å². The van der Waals surface area contributed by atoms with Gasteiger partial charge >= 0.3 is 0 Å². The molecule has 1 saturated heterocycles. The summed E-state index contributed by atoms with van der Waals surface area (Å²) in [5.41, 5.74) is 3.81. The van der Waals surface area contributed by atoms with E-state index in [2.05, 4.69) is 19.9 Å². The van der Waals surface area contributed by atoms with Crippen molar-refractivity contribution in [1.82, 2.24) is 24.4 Å². The summed E-state index contributed by atoms with van der Waals surface area (Å²) in [5.74, 6) is 0.00613. The zero-order valence-corrected chi connectivity index (χ0v) is 18.1. The van der Waals surface area contributed by atoms with E-state index in [1.54, 1.807) is 29.4 Å². The minimum Gasteiger partial charge on any atom is -0.368 e. The van der Waals surface area contributed by atoms with Gasteiger partial charge in [-0.05, 0) is 50.2 Å². The molecule has 1 fully saturated rings. The fraction of sp³-hybridized carbons (Fsp3) is 0.292. The number of aromatic nitrogens is 4. The van der Waals surface area contributed by atoms with Gasteiger partial charge in [0.05, 0.1) is 28.3 Å². The number of nitrogens with zero attached hydrogens (tertiary/aromatic N) is 6. The van der Waals surface area contributed by atoms with Gasteiger partial charge in [0, 0.05) is 55.9 Å². The zero-order chi connectivity index (χ0) is 22.2. The molecule has 1 aliphatic rings. The Morgan fingerprint density at radius 3 is 2.38 bits per heavy atom. The van der Waals surface area contributed by atoms with Crippen LogP contribution in [0.25, 0.3) is 21.9 Å². The molecule has 2 aromatic heterocycles. The van der Waals surface area contributed by atoms with Gasteiger partial charge in [-0.2, -0.15) is 0 Å². The first-order valence-electron chi connectivity index (χ1n) is 10.8. The molecule has 8 nitrogen and oxygen atoms in total. The molecule has 0 radical (unpaired) electrons. The van der Waals surface area contributed by atoms with Crippen LogP contribution >= 0.6 is 0 Å². The van der Waals surface area contributed by atoms with E-state index in [-0.39, 0.29) is 17.5 Å². The van der Waals surface area contributed by atoms with E-state index < -0.39 is 0 Å². The van der Waals surface area contributed by atoms with Gasteiger partial charge in [-0.15, -0.1) is 0 Å². The average molecular weight is 428 g/mol. The number of amides is 1. The second-order valence-electron chi connectivity index (χ2n) is 8.29. The monoisotopic (exact) mass is 428 g/mol. The maximum atomic E-state index is 13.0. The molecule has 0 atom stereocenters. The number of fused-ring (bicyclic) bond motifs is 2. The van der Waals surface area contributed by atoms with E-state index in [0.717, 1.165) is 16.7 Å². The minimum atomic E-state index is -0.0213. The third-order valence-corrected chi connectivity index (χ3v) is 5.97. The molecule has 32 heavy (non-hydrogen) atoms. The molecule has 0 unspecified atom stereocenters. The van der Waals surface area contributed by atoms with Crippen LogP contribution in [0.2, 0.25) is 0 Å². The van der Waals surface area contributed by atoms with Gasteiger partial charge in [-0.25, -0.2) is 4.98 Å². The minimum absolute atomic E-state index is 0.00613. The maximum Gasteiger partial charge on any atom is 0.261 e. The first kappa shape index (κ1) is 20.1. The van der Waals surface area contributed by atoms with Crippen LogP contribution in [0.5, 0.6) is 0 Å². The summed E-state index contributed by atoms with van der Waals surface area (Å²) >= 11 is 0. The number of benzene rings is 2. The van der Waals surface area contributed by atoms with Crippen molar-refractivity contribution < 1.29 is 4.79 Å². The maximum absolute atomic E-state index is 13.0. The molecule has 8 heteroatoms. The number of piperazine rings is 1. The highest BCUT2D eigenvalue weighted by Gasteiger charge is 2.23. The molecule has 1 aliphatic heterocycles. The topological polar surface area (TPSA) is 84.2 Å². The number of anilines is 1. The Bertz CT molecular complexity index is 1370. The molecular weight excluding hydrogens is 404 g/mol. The smallest absolute Gasteiger partial charge is 0.261 e. The van der Waals surface area contributed by atoms with Crippen molar-refractivity contribution in [3.05, 3.63) is 71.0 Å². The summed E-state index contributed by atoms with van der Waals surface area (Å²) in [6, 6.07) is 11.3. The Balaban J connectivity index is 1.31. The Labute approximate surface area is 185 Å². The van der Waals surface area contributed by atoms with Gasteiger partial charge in [0.25, 0.3) is 11.5 Å². The summed E-state index contributed by atoms with van der Waals surface area (Å²) in [6.45, 7) is 6.61. The molecule has 4 aromatic rings. The standard InChI is InChI=1S/C24H24N6O2/c1-16(2)30-15-27-21-14-18(4-5-19(21)24(30)32)28-9-11-29(12-10-28)23(31)17-3-6-20-22(13-17)26-8-7-25-20/h3-8,13-16H,9-12H2,1-2H3. The Hall–Kier alpha value is -3.81. The lowest BCUT2D eigenvalue weighted by Gasteiger charge is -2.36. The normalized spacial score (nSPS) is 14.5. The van der Waals surface area contributed by atoms with Crippen molar-refractivity contribution in [2.75, 3.05) is 31.1 Å². The van der Waals surface area contributed by atoms with Crippen molar-refractivity contribution >= 4 is 33.5 Å². The lowest BCUT2D eigenvalue weighted by Crippen LogP contribution is -2.48. The van der Waals surface area contributed by atoms with E-state index in [0.29, 0.717) is 42.6 Å². The number of hydrogen-bond acceptors (Lipinski definition) is 6. The molecule has 1 amide bonds. The van der Waals surface area contributed by atoms with E-state index in [1.807, 2.05) is 49.1 Å². The van der Waals surface area contributed by atoms with E-state index >= 15 is 0 Å². The third kappa shape index (κ3) is 3.57. The van der Waals surface area contributed by atoms with Crippen LogP contribution < -0.4 is 10.5 Å². The molecule has 3 heterocycles. The molecule has 0 aliphatic carbocycles. The second-order valence-corrected chi connectivity index (χ2v) is 8.29. The fourth-order valence-electron chi connectivity index (χ4n) is 4.13. The van der Waals surface area contributed by atoms with Gasteiger partial charge in [-0.1, -0.05) is 0 Å². The van der Waals surface area contributed by atoms with Crippen LogP contribution in [0.1, 0.15) is 30.2 Å². The first-order chi connectivity index (χ1) is 15.5. The summed E-state index contributed by atoms with van der Waals surface area (Å²) in [7, 11) is 0. The highest BCUT2D eigenvalue weighted by Crippen LogP contribution is 2.22. The molecule has 5 rings (SSSR count). The quantitative estimate of drug-likeness (QED) is 0.499. The van der Waals surface area contributed by atoms with E-state index in [9.17, 15) is 9.59 Å². The average Bonchev–Trinajstić information content (AvgIpc) is 2.83. The van der Waals surface area contributed by atoms with Crippen LogP contribution in [0.4, 0.5) is 5.69 Å². The first-order valence-corrected chi connectivity index (χ1v) is 10.8. The molecule has 162 valence electrons. The lowest BCUT2D eigenvalue weighted by atomic mass is 10.1. The molecule has 0 N–H and O–H groups in total. The summed E-state index contributed by atoms with van der Waals surface area (Å²) < 4.78 is 1.64. The highest BCUT2D eigenvalue weighted by atomic mass is 16.2. The van der Waals surface area contributed by atoms with Crippen molar-refractivity contribution in [2.24, 2.45) is 0 Å². The number of carbonyl (C=O) groups is 1. The SMILES string of the molecule is CC(C)n1cnc2cc(N3CCN(C(=O)c4ccc5nccnc5c4)CC3)ccc2c1=O. The summed E-state index contributed by atoms with van der Waals surface area (Å²) in [6.07, 6.45) is 4.89. The van der Waals surface area contributed by atoms with Gasteiger partial charge in [-0.3, -0.25) is 24.1 Å². The summed E-state index contributed by atoms with van der Waals surface area (Å²) in [4.78, 5) is 42.8.